The van der Waals surface area contributed by atoms with E-state index in [2.05, 4.69) is 20.8 Å². The van der Waals surface area contributed by atoms with E-state index in [0.29, 0.717) is 11.7 Å². The van der Waals surface area contributed by atoms with E-state index < -0.39 is 0 Å². The number of carbonyl (C=O) groups excluding carboxylic acids is 1. The van der Waals surface area contributed by atoms with Crippen LogP contribution in [0.1, 0.15) is 81.6 Å². The lowest BCUT2D eigenvalue weighted by Crippen LogP contribution is -2.27. The standard InChI is InChI=1S/C9H16O.C8H18O2/c1-7-4-8(10)6-9(2,3)5-7;1-7(2,3)9-10-8(4,5)6/h7H,4-6H2,1-3H3;1-6H3. The summed E-state index contributed by atoms with van der Waals surface area (Å²) >= 11 is 0. The van der Waals surface area contributed by atoms with E-state index in [-0.39, 0.29) is 16.6 Å². The summed E-state index contributed by atoms with van der Waals surface area (Å²) in [5, 5.41) is 0. The van der Waals surface area contributed by atoms with E-state index >= 15 is 0 Å². The first-order valence-electron chi connectivity index (χ1n) is 7.59. The van der Waals surface area contributed by atoms with Crippen LogP contribution in [0.4, 0.5) is 0 Å². The number of ketones is 1. The third kappa shape index (κ3) is 11.4. The Morgan fingerprint density at radius 3 is 1.65 bits per heavy atom. The predicted molar refractivity (Wildman–Crippen MR) is 83.5 cm³/mol. The van der Waals surface area contributed by atoms with Crippen molar-refractivity contribution in [2.24, 2.45) is 11.3 Å². The summed E-state index contributed by atoms with van der Waals surface area (Å²) < 4.78 is 0. The van der Waals surface area contributed by atoms with Crippen molar-refractivity contribution < 1.29 is 14.6 Å². The Hall–Kier alpha value is -0.410. The number of Topliss-reactive ketones (excluding diaryl/α,β-unsaturated/α-hetero) is 1. The maximum Gasteiger partial charge on any atom is 0.133 e. The summed E-state index contributed by atoms with van der Waals surface area (Å²) in [6, 6.07) is 0. The molecule has 1 fully saturated rings. The van der Waals surface area contributed by atoms with Crippen molar-refractivity contribution in [3.63, 3.8) is 0 Å². The van der Waals surface area contributed by atoms with Gasteiger partial charge in [0.05, 0.1) is 11.2 Å². The molecule has 20 heavy (non-hydrogen) atoms. The number of carbonyl (C=O) groups is 1. The maximum atomic E-state index is 11.1. The first kappa shape index (κ1) is 19.6. The molecule has 0 bridgehead atoms. The van der Waals surface area contributed by atoms with Crippen LogP contribution in [0.15, 0.2) is 0 Å². The summed E-state index contributed by atoms with van der Waals surface area (Å²) in [5.41, 5.74) is -0.157. The van der Waals surface area contributed by atoms with Crippen molar-refractivity contribution in [3.05, 3.63) is 0 Å². The highest BCUT2D eigenvalue weighted by atomic mass is 17.2. The Kier molecular flexibility index (Phi) is 6.89. The van der Waals surface area contributed by atoms with E-state index in [1.807, 2.05) is 41.5 Å². The van der Waals surface area contributed by atoms with Gasteiger partial charge in [-0.15, -0.1) is 0 Å². The highest BCUT2D eigenvalue weighted by Gasteiger charge is 2.30. The van der Waals surface area contributed by atoms with Gasteiger partial charge >= 0.3 is 0 Å². The first-order chi connectivity index (χ1) is 8.70. The molecule has 0 aromatic heterocycles. The number of rotatable bonds is 1. The molecular weight excluding hydrogens is 252 g/mol. The van der Waals surface area contributed by atoms with Crippen LogP contribution >= 0.6 is 0 Å². The van der Waals surface area contributed by atoms with Gasteiger partial charge in [0.15, 0.2) is 0 Å². The SMILES string of the molecule is CC(C)(C)OOC(C)(C)C.CC1CC(=O)CC(C)(C)C1. The second kappa shape index (κ2) is 7.04. The van der Waals surface area contributed by atoms with Gasteiger partial charge in [-0.25, -0.2) is 9.78 Å². The van der Waals surface area contributed by atoms with Gasteiger partial charge in [-0.3, -0.25) is 4.79 Å². The summed E-state index contributed by atoms with van der Waals surface area (Å²) in [6.07, 6.45) is 2.81. The average Bonchev–Trinajstić information content (AvgIpc) is 2.09. The van der Waals surface area contributed by atoms with E-state index in [1.54, 1.807) is 0 Å². The molecule has 1 aliphatic rings. The highest BCUT2D eigenvalue weighted by molar-refractivity contribution is 5.80. The largest absolute Gasteiger partial charge is 0.300 e. The molecule has 120 valence electrons. The normalized spacial score (nSPS) is 23.1. The van der Waals surface area contributed by atoms with Gasteiger partial charge in [0.25, 0.3) is 0 Å². The quantitative estimate of drug-likeness (QED) is 0.506. The molecule has 1 aliphatic carbocycles. The van der Waals surface area contributed by atoms with Crippen LogP contribution in [0.2, 0.25) is 0 Å². The van der Waals surface area contributed by atoms with Gasteiger partial charge in [0, 0.05) is 12.8 Å². The maximum absolute atomic E-state index is 11.1. The zero-order valence-electron chi connectivity index (χ0n) is 14.9. The average molecular weight is 286 g/mol. The monoisotopic (exact) mass is 286 g/mol. The molecule has 1 saturated carbocycles. The third-order valence-electron chi connectivity index (χ3n) is 2.69. The van der Waals surface area contributed by atoms with Crippen molar-refractivity contribution in [2.45, 2.75) is 92.8 Å². The lowest BCUT2D eigenvalue weighted by Gasteiger charge is -2.32. The van der Waals surface area contributed by atoms with Crippen LogP contribution in [-0.2, 0) is 14.6 Å². The predicted octanol–water partition coefficient (Wildman–Crippen LogP) is 4.93. The first-order valence-corrected chi connectivity index (χ1v) is 7.59. The molecule has 3 nitrogen and oxygen atoms in total. The third-order valence-corrected chi connectivity index (χ3v) is 2.69. The molecule has 1 atom stereocenters. The molecule has 0 amide bonds. The molecule has 1 rings (SSSR count). The van der Waals surface area contributed by atoms with E-state index in [0.717, 1.165) is 12.8 Å². The van der Waals surface area contributed by atoms with Crippen molar-refractivity contribution in [2.75, 3.05) is 0 Å². The molecule has 0 aromatic carbocycles. The van der Waals surface area contributed by atoms with Crippen LogP contribution in [0.5, 0.6) is 0 Å². The highest BCUT2D eigenvalue weighted by Crippen LogP contribution is 2.36. The minimum atomic E-state index is -0.215. The fourth-order valence-electron chi connectivity index (χ4n) is 2.33. The van der Waals surface area contributed by atoms with Crippen molar-refractivity contribution in [1.29, 1.82) is 0 Å². The van der Waals surface area contributed by atoms with Crippen molar-refractivity contribution in [3.8, 4) is 0 Å². The topological polar surface area (TPSA) is 35.5 Å². The lowest BCUT2D eigenvalue weighted by atomic mass is 9.72. The summed E-state index contributed by atoms with van der Waals surface area (Å²) in [7, 11) is 0. The zero-order chi connectivity index (χ0) is 16.2. The van der Waals surface area contributed by atoms with E-state index in [9.17, 15) is 4.79 Å². The zero-order valence-corrected chi connectivity index (χ0v) is 14.9. The molecular formula is C17H34O3. The number of hydrogen-bond donors (Lipinski definition) is 0. The molecule has 0 aliphatic heterocycles. The van der Waals surface area contributed by atoms with Gasteiger partial charge in [0.2, 0.25) is 0 Å². The minimum absolute atomic E-state index is 0.215. The molecule has 0 aromatic rings. The Balaban J connectivity index is 0.000000361. The number of hydrogen-bond acceptors (Lipinski definition) is 3. The molecule has 3 heteroatoms. The van der Waals surface area contributed by atoms with Crippen molar-refractivity contribution in [1.82, 2.24) is 0 Å². The smallest absolute Gasteiger partial charge is 0.133 e. The Bertz CT molecular complexity index is 291. The molecule has 0 saturated heterocycles. The second-order valence-corrected chi connectivity index (χ2v) is 8.78. The minimum Gasteiger partial charge on any atom is -0.300 e. The van der Waals surface area contributed by atoms with Crippen LogP contribution in [0.25, 0.3) is 0 Å². The van der Waals surface area contributed by atoms with Crippen molar-refractivity contribution >= 4 is 5.78 Å². The van der Waals surface area contributed by atoms with Gasteiger partial charge in [0.1, 0.15) is 5.78 Å². The molecule has 0 N–H and O–H groups in total. The van der Waals surface area contributed by atoms with Gasteiger partial charge < -0.3 is 0 Å². The second-order valence-electron chi connectivity index (χ2n) is 8.78. The fourth-order valence-corrected chi connectivity index (χ4v) is 2.33. The molecule has 0 radical (unpaired) electrons. The van der Waals surface area contributed by atoms with Crippen LogP contribution in [-0.4, -0.2) is 17.0 Å². The Morgan fingerprint density at radius 1 is 1.00 bits per heavy atom. The van der Waals surface area contributed by atoms with Gasteiger partial charge in [-0.1, -0.05) is 20.8 Å². The fraction of sp³-hybridized carbons (Fsp3) is 0.941. The molecule has 1 unspecified atom stereocenters. The Labute approximate surface area is 125 Å². The Morgan fingerprint density at radius 2 is 1.40 bits per heavy atom. The van der Waals surface area contributed by atoms with E-state index in [4.69, 9.17) is 9.78 Å². The summed E-state index contributed by atoms with van der Waals surface area (Å²) in [6.45, 7) is 18.3. The summed E-state index contributed by atoms with van der Waals surface area (Å²) in [5.74, 6) is 1.06. The van der Waals surface area contributed by atoms with Gasteiger partial charge in [-0.05, 0) is 59.3 Å². The van der Waals surface area contributed by atoms with Crippen LogP contribution < -0.4 is 0 Å². The van der Waals surface area contributed by atoms with E-state index in [1.165, 1.54) is 6.42 Å². The molecule has 0 heterocycles. The summed E-state index contributed by atoms with van der Waals surface area (Å²) in [4.78, 5) is 21.3. The lowest BCUT2D eigenvalue weighted by molar-refractivity contribution is -0.393. The van der Waals surface area contributed by atoms with Gasteiger partial charge in [-0.2, -0.15) is 0 Å². The molecule has 0 spiro atoms. The van der Waals surface area contributed by atoms with Crippen LogP contribution in [0.3, 0.4) is 0 Å². The van der Waals surface area contributed by atoms with Crippen LogP contribution in [0, 0.1) is 11.3 Å².